The fourth-order valence-corrected chi connectivity index (χ4v) is 2.00. The molecule has 0 unspecified atom stereocenters. The standard InChI is InChI=1S/C15H17BrO4/c1-3-19-14(17)13(15(18)20-4-2)9-8-11-6-5-7-12(16)10-11/h5-7,9-10H,3-4,8H2,1-2H3. The van der Waals surface area contributed by atoms with Crippen LogP contribution in [0.4, 0.5) is 0 Å². The number of hydrogen-bond donors (Lipinski definition) is 0. The number of allylic oxidation sites excluding steroid dienone is 1. The second-order valence-corrected chi connectivity index (χ2v) is 4.81. The lowest BCUT2D eigenvalue weighted by atomic mass is 10.1. The molecule has 1 rings (SSSR count). The van der Waals surface area contributed by atoms with Gasteiger partial charge in [0, 0.05) is 4.47 Å². The average Bonchev–Trinajstić information content (AvgIpc) is 2.39. The summed E-state index contributed by atoms with van der Waals surface area (Å²) in [6, 6.07) is 7.63. The second-order valence-electron chi connectivity index (χ2n) is 3.89. The monoisotopic (exact) mass is 340 g/mol. The Morgan fingerprint density at radius 2 is 1.75 bits per heavy atom. The predicted molar refractivity (Wildman–Crippen MR) is 79.2 cm³/mol. The average molecular weight is 341 g/mol. The summed E-state index contributed by atoms with van der Waals surface area (Å²) in [6.45, 7) is 3.81. The van der Waals surface area contributed by atoms with Crippen LogP contribution in [0.5, 0.6) is 0 Å². The maximum absolute atomic E-state index is 11.7. The fraction of sp³-hybridized carbons (Fsp3) is 0.333. The lowest BCUT2D eigenvalue weighted by Gasteiger charge is -2.06. The Morgan fingerprint density at radius 3 is 2.25 bits per heavy atom. The van der Waals surface area contributed by atoms with Crippen LogP contribution in [0, 0.1) is 0 Å². The third kappa shape index (κ3) is 5.17. The number of carbonyl (C=O) groups excluding carboxylic acids is 2. The molecule has 108 valence electrons. The SMILES string of the molecule is CCOC(=O)C(=CCc1cccc(Br)c1)C(=O)OCC. The summed E-state index contributed by atoms with van der Waals surface area (Å²) in [5.41, 5.74) is 0.916. The Kier molecular flexibility index (Phi) is 7.01. The molecule has 0 fully saturated rings. The zero-order valence-corrected chi connectivity index (χ0v) is 13.1. The third-order valence-electron chi connectivity index (χ3n) is 2.42. The molecule has 0 saturated carbocycles. The van der Waals surface area contributed by atoms with Gasteiger partial charge in [-0.05, 0) is 38.0 Å². The molecule has 0 radical (unpaired) electrons. The topological polar surface area (TPSA) is 52.6 Å². The molecule has 0 heterocycles. The molecule has 0 spiro atoms. The van der Waals surface area contributed by atoms with E-state index in [-0.39, 0.29) is 18.8 Å². The van der Waals surface area contributed by atoms with E-state index < -0.39 is 11.9 Å². The van der Waals surface area contributed by atoms with Gasteiger partial charge in [-0.2, -0.15) is 0 Å². The lowest BCUT2D eigenvalue weighted by molar-refractivity contribution is -0.146. The highest BCUT2D eigenvalue weighted by Crippen LogP contribution is 2.13. The molecule has 1 aromatic rings. The largest absolute Gasteiger partial charge is 0.462 e. The maximum Gasteiger partial charge on any atom is 0.345 e. The Balaban J connectivity index is 2.89. The first-order chi connectivity index (χ1) is 9.58. The molecule has 20 heavy (non-hydrogen) atoms. The number of carbonyl (C=O) groups is 2. The van der Waals surface area contributed by atoms with Crippen molar-refractivity contribution in [1.29, 1.82) is 0 Å². The van der Waals surface area contributed by atoms with Gasteiger partial charge in [-0.1, -0.05) is 34.1 Å². The van der Waals surface area contributed by atoms with Crippen molar-refractivity contribution in [1.82, 2.24) is 0 Å². The highest BCUT2D eigenvalue weighted by molar-refractivity contribution is 9.10. The molecule has 0 N–H and O–H groups in total. The van der Waals surface area contributed by atoms with Crippen molar-refractivity contribution in [2.24, 2.45) is 0 Å². The molecule has 0 amide bonds. The minimum absolute atomic E-state index is 0.0614. The third-order valence-corrected chi connectivity index (χ3v) is 2.91. The van der Waals surface area contributed by atoms with Crippen LogP contribution < -0.4 is 0 Å². The minimum Gasteiger partial charge on any atom is -0.462 e. The Labute approximate surface area is 126 Å². The van der Waals surface area contributed by atoms with Crippen molar-refractivity contribution in [3.63, 3.8) is 0 Å². The van der Waals surface area contributed by atoms with Crippen molar-refractivity contribution in [2.45, 2.75) is 20.3 Å². The molecule has 0 aliphatic carbocycles. The predicted octanol–water partition coefficient (Wildman–Crippen LogP) is 3.04. The first-order valence-electron chi connectivity index (χ1n) is 6.37. The van der Waals surface area contributed by atoms with Gasteiger partial charge < -0.3 is 9.47 Å². The van der Waals surface area contributed by atoms with E-state index in [4.69, 9.17) is 9.47 Å². The van der Waals surface area contributed by atoms with Crippen LogP contribution in [-0.4, -0.2) is 25.2 Å². The van der Waals surface area contributed by atoms with Crippen LogP contribution in [0.15, 0.2) is 40.4 Å². The summed E-state index contributed by atoms with van der Waals surface area (Å²) < 4.78 is 10.7. The van der Waals surface area contributed by atoms with Gasteiger partial charge >= 0.3 is 11.9 Å². The summed E-state index contributed by atoms with van der Waals surface area (Å²) in [5.74, 6) is -1.30. The molecule has 0 aromatic heterocycles. The number of ether oxygens (including phenoxy) is 2. The van der Waals surface area contributed by atoms with Gasteiger partial charge in [0.25, 0.3) is 0 Å². The van der Waals surface area contributed by atoms with E-state index in [1.807, 2.05) is 24.3 Å². The normalized spacial score (nSPS) is 9.75. The maximum atomic E-state index is 11.7. The molecule has 4 nitrogen and oxygen atoms in total. The Bertz CT molecular complexity index is 488. The van der Waals surface area contributed by atoms with E-state index in [0.29, 0.717) is 6.42 Å². The first-order valence-corrected chi connectivity index (χ1v) is 7.16. The van der Waals surface area contributed by atoms with Crippen molar-refractivity contribution in [3.8, 4) is 0 Å². The molecule has 5 heteroatoms. The van der Waals surface area contributed by atoms with Crippen LogP contribution in [-0.2, 0) is 25.5 Å². The van der Waals surface area contributed by atoms with Gasteiger partial charge in [-0.25, -0.2) is 9.59 Å². The number of esters is 2. The van der Waals surface area contributed by atoms with E-state index in [1.165, 1.54) is 6.08 Å². The molecular formula is C15H17BrO4. The molecule has 0 aliphatic heterocycles. The van der Waals surface area contributed by atoms with E-state index in [9.17, 15) is 9.59 Å². The van der Waals surface area contributed by atoms with Crippen molar-refractivity contribution < 1.29 is 19.1 Å². The minimum atomic E-state index is -0.652. The highest BCUT2D eigenvalue weighted by atomic mass is 79.9. The van der Waals surface area contributed by atoms with Gasteiger partial charge in [0.05, 0.1) is 13.2 Å². The summed E-state index contributed by atoms with van der Waals surface area (Å²) in [7, 11) is 0. The molecule has 0 saturated heterocycles. The van der Waals surface area contributed by atoms with Gasteiger partial charge in [-0.3, -0.25) is 0 Å². The van der Waals surface area contributed by atoms with Gasteiger partial charge in [0.15, 0.2) is 0 Å². The van der Waals surface area contributed by atoms with Gasteiger partial charge in [0.1, 0.15) is 5.57 Å². The molecule has 0 atom stereocenters. The second kappa shape index (κ2) is 8.53. The van der Waals surface area contributed by atoms with Crippen molar-refractivity contribution >= 4 is 27.9 Å². The van der Waals surface area contributed by atoms with Crippen molar-refractivity contribution in [3.05, 3.63) is 46.0 Å². The number of halogens is 1. The van der Waals surface area contributed by atoms with Crippen LogP contribution in [0.1, 0.15) is 19.4 Å². The highest BCUT2D eigenvalue weighted by Gasteiger charge is 2.20. The van der Waals surface area contributed by atoms with Crippen molar-refractivity contribution in [2.75, 3.05) is 13.2 Å². The summed E-state index contributed by atoms with van der Waals surface area (Å²) in [5, 5.41) is 0. The van der Waals surface area contributed by atoms with Gasteiger partial charge in [0.2, 0.25) is 0 Å². The molecular weight excluding hydrogens is 324 g/mol. The quantitative estimate of drug-likeness (QED) is 0.345. The fourth-order valence-electron chi connectivity index (χ4n) is 1.55. The van der Waals surface area contributed by atoms with Crippen LogP contribution in [0.2, 0.25) is 0 Å². The number of hydrogen-bond acceptors (Lipinski definition) is 4. The number of benzene rings is 1. The van der Waals surface area contributed by atoms with Crippen LogP contribution >= 0.6 is 15.9 Å². The zero-order chi connectivity index (χ0) is 15.0. The smallest absolute Gasteiger partial charge is 0.345 e. The van der Waals surface area contributed by atoms with Gasteiger partial charge in [-0.15, -0.1) is 0 Å². The molecule has 0 aliphatic rings. The van der Waals surface area contributed by atoms with E-state index in [2.05, 4.69) is 15.9 Å². The lowest BCUT2D eigenvalue weighted by Crippen LogP contribution is -2.18. The molecule has 1 aromatic carbocycles. The summed E-state index contributed by atoms with van der Waals surface area (Å²) in [6.07, 6.45) is 1.99. The van der Waals surface area contributed by atoms with E-state index in [0.717, 1.165) is 10.0 Å². The van der Waals surface area contributed by atoms with E-state index >= 15 is 0 Å². The Hall–Kier alpha value is -1.62. The summed E-state index contributed by atoms with van der Waals surface area (Å²) >= 11 is 3.37. The van der Waals surface area contributed by atoms with Crippen LogP contribution in [0.3, 0.4) is 0 Å². The zero-order valence-electron chi connectivity index (χ0n) is 11.5. The van der Waals surface area contributed by atoms with E-state index in [1.54, 1.807) is 13.8 Å². The Morgan fingerprint density at radius 1 is 1.15 bits per heavy atom. The van der Waals surface area contributed by atoms with Crippen LogP contribution in [0.25, 0.3) is 0 Å². The first kappa shape index (κ1) is 16.4. The molecule has 0 bridgehead atoms. The number of rotatable bonds is 6. The summed E-state index contributed by atoms with van der Waals surface area (Å²) in [4.78, 5) is 23.5.